The van der Waals surface area contributed by atoms with Gasteiger partial charge in [-0.3, -0.25) is 9.59 Å². The van der Waals surface area contributed by atoms with Crippen molar-refractivity contribution >= 4 is 11.8 Å². The lowest BCUT2D eigenvalue weighted by atomic mass is 9.49. The number of rotatable bonds is 6. The van der Waals surface area contributed by atoms with Gasteiger partial charge in [0.1, 0.15) is 6.04 Å². The molecule has 2 amide bonds. The number of carbonyl (C=O) groups is 2. The Morgan fingerprint density at radius 2 is 1.67 bits per heavy atom. The Kier molecular flexibility index (Phi) is 5.27. The normalized spacial score (nSPS) is 32.3. The maximum atomic E-state index is 13.8. The topological polar surface area (TPSA) is 67.2 Å². The number of carbonyl (C=O) groups excluding carboxylic acids is 2. The maximum Gasteiger partial charge on any atom is 0.243 e. The van der Waals surface area contributed by atoms with Crippen LogP contribution in [0.5, 0.6) is 0 Å². The van der Waals surface area contributed by atoms with Gasteiger partial charge in [0.25, 0.3) is 0 Å². The van der Waals surface area contributed by atoms with Crippen LogP contribution in [-0.2, 0) is 22.7 Å². The third-order valence-electron chi connectivity index (χ3n) is 8.72. The van der Waals surface area contributed by atoms with Gasteiger partial charge in [-0.1, -0.05) is 24.3 Å². The summed E-state index contributed by atoms with van der Waals surface area (Å²) in [5.41, 5.74) is 2.11. The van der Waals surface area contributed by atoms with Gasteiger partial charge in [-0.05, 0) is 80.2 Å². The highest BCUT2D eigenvalue weighted by molar-refractivity contribution is 5.91. The Morgan fingerprint density at radius 3 is 2.30 bits per heavy atom. The number of aromatic nitrogens is 2. The molecular formula is C27H34N4O2. The Balaban J connectivity index is 1.07. The van der Waals surface area contributed by atoms with Crippen LogP contribution in [0.15, 0.2) is 43.0 Å². The van der Waals surface area contributed by atoms with Gasteiger partial charge in [0.05, 0.1) is 11.7 Å². The number of likely N-dealkylation sites (tertiary alicyclic amines) is 1. The summed E-state index contributed by atoms with van der Waals surface area (Å²) in [5.74, 6) is 2.53. The largest absolute Gasteiger partial charge is 0.350 e. The van der Waals surface area contributed by atoms with Gasteiger partial charge >= 0.3 is 0 Å². The molecule has 4 saturated carbocycles. The minimum absolute atomic E-state index is 0.00747. The number of benzene rings is 1. The standard InChI is InChI=1S/C27H34N4O2/c32-25(29-16-19-3-5-20(6-4-19)17-30-9-7-28-18-30)24-2-1-8-31(24)26(33)27-13-21-10-22(14-27)12-23(11-21)15-27/h3-7,9,18,21-24H,1-2,8,10-17H2,(H,29,32). The molecule has 2 aromatic rings. The van der Waals surface area contributed by atoms with Crippen LogP contribution < -0.4 is 5.32 Å². The molecule has 174 valence electrons. The molecule has 4 aliphatic carbocycles. The SMILES string of the molecule is O=C(NCc1ccc(Cn2ccnc2)cc1)C1CCCN1C(=O)C12CC3CC(CC(C3)C1)C2. The molecular weight excluding hydrogens is 412 g/mol. The van der Waals surface area contributed by atoms with Crippen molar-refractivity contribution in [2.75, 3.05) is 6.54 Å². The summed E-state index contributed by atoms with van der Waals surface area (Å²) in [4.78, 5) is 33.0. The Bertz CT molecular complexity index is 978. The molecule has 6 heteroatoms. The van der Waals surface area contributed by atoms with Crippen molar-refractivity contribution in [1.29, 1.82) is 0 Å². The second-order valence-corrected chi connectivity index (χ2v) is 11.1. The van der Waals surface area contributed by atoms with Gasteiger partial charge in [0.15, 0.2) is 0 Å². The third kappa shape index (κ3) is 3.98. The van der Waals surface area contributed by atoms with E-state index in [1.165, 1.54) is 24.8 Å². The number of hydrogen-bond acceptors (Lipinski definition) is 3. The minimum atomic E-state index is -0.300. The summed E-state index contributed by atoms with van der Waals surface area (Å²) in [5, 5.41) is 3.12. The first-order valence-corrected chi connectivity index (χ1v) is 12.7. The van der Waals surface area contributed by atoms with E-state index in [1.807, 2.05) is 22.0 Å². The highest BCUT2D eigenvalue weighted by atomic mass is 16.2. The maximum absolute atomic E-state index is 13.8. The summed E-state index contributed by atoms with van der Waals surface area (Å²) in [6.45, 7) is 2.03. The summed E-state index contributed by atoms with van der Waals surface area (Å²) in [6, 6.07) is 8.03. The molecule has 2 heterocycles. The van der Waals surface area contributed by atoms with E-state index >= 15 is 0 Å². The predicted molar refractivity (Wildman–Crippen MR) is 125 cm³/mol. The van der Waals surface area contributed by atoms with E-state index in [0.717, 1.165) is 68.5 Å². The lowest BCUT2D eigenvalue weighted by Gasteiger charge is -2.56. The monoisotopic (exact) mass is 446 g/mol. The molecule has 7 rings (SSSR count). The van der Waals surface area contributed by atoms with Gasteiger partial charge in [-0.2, -0.15) is 0 Å². The number of nitrogens with zero attached hydrogens (tertiary/aromatic N) is 3. The number of nitrogens with one attached hydrogen (secondary N) is 1. The third-order valence-corrected chi connectivity index (χ3v) is 8.72. The molecule has 0 spiro atoms. The van der Waals surface area contributed by atoms with Crippen molar-refractivity contribution in [3.63, 3.8) is 0 Å². The lowest BCUT2D eigenvalue weighted by Crippen LogP contribution is -2.57. The highest BCUT2D eigenvalue weighted by Crippen LogP contribution is 2.60. The van der Waals surface area contributed by atoms with E-state index in [9.17, 15) is 9.59 Å². The van der Waals surface area contributed by atoms with Crippen LogP contribution in [0.3, 0.4) is 0 Å². The first-order valence-electron chi connectivity index (χ1n) is 12.7. The second-order valence-electron chi connectivity index (χ2n) is 11.1. The van der Waals surface area contributed by atoms with Gasteiger partial charge in [-0.25, -0.2) is 4.98 Å². The van der Waals surface area contributed by atoms with E-state index in [2.05, 4.69) is 34.6 Å². The first kappa shape index (κ1) is 20.9. The summed E-state index contributed by atoms with van der Waals surface area (Å²) < 4.78 is 2.03. The van der Waals surface area contributed by atoms with E-state index in [4.69, 9.17) is 0 Å². The van der Waals surface area contributed by atoms with Crippen molar-refractivity contribution in [3.8, 4) is 0 Å². The first-order chi connectivity index (χ1) is 16.1. The molecule has 6 nitrogen and oxygen atoms in total. The highest BCUT2D eigenvalue weighted by Gasteiger charge is 2.56. The number of amides is 2. The predicted octanol–water partition coefficient (Wildman–Crippen LogP) is 3.76. The molecule has 1 saturated heterocycles. The average Bonchev–Trinajstić information content (AvgIpc) is 3.49. The summed E-state index contributed by atoms with van der Waals surface area (Å²) >= 11 is 0. The molecule has 1 aromatic heterocycles. The fraction of sp³-hybridized carbons (Fsp3) is 0.593. The van der Waals surface area contributed by atoms with Crippen molar-refractivity contribution in [1.82, 2.24) is 19.8 Å². The lowest BCUT2D eigenvalue weighted by molar-refractivity contribution is -0.160. The Hall–Kier alpha value is -2.63. The van der Waals surface area contributed by atoms with Crippen molar-refractivity contribution in [3.05, 3.63) is 54.1 Å². The average molecular weight is 447 g/mol. The van der Waals surface area contributed by atoms with Crippen molar-refractivity contribution in [2.45, 2.75) is 70.5 Å². The number of hydrogen-bond donors (Lipinski definition) is 1. The van der Waals surface area contributed by atoms with E-state index in [0.29, 0.717) is 12.5 Å². The fourth-order valence-corrected chi connectivity index (χ4v) is 7.62. The van der Waals surface area contributed by atoms with E-state index < -0.39 is 0 Å². The molecule has 0 radical (unpaired) electrons. The van der Waals surface area contributed by atoms with Crippen LogP contribution in [0, 0.1) is 23.2 Å². The quantitative estimate of drug-likeness (QED) is 0.735. The molecule has 1 unspecified atom stereocenters. The molecule has 5 fully saturated rings. The second kappa shape index (κ2) is 8.30. The van der Waals surface area contributed by atoms with E-state index in [-0.39, 0.29) is 17.4 Å². The zero-order valence-corrected chi connectivity index (χ0v) is 19.3. The van der Waals surface area contributed by atoms with Crippen LogP contribution in [0.1, 0.15) is 62.5 Å². The number of imidazole rings is 1. The van der Waals surface area contributed by atoms with Gasteiger partial charge < -0.3 is 14.8 Å². The molecule has 33 heavy (non-hydrogen) atoms. The molecule has 1 N–H and O–H groups in total. The molecule has 4 bridgehead atoms. The van der Waals surface area contributed by atoms with Crippen LogP contribution >= 0.6 is 0 Å². The molecule has 1 aromatic carbocycles. The van der Waals surface area contributed by atoms with Crippen LogP contribution in [0.25, 0.3) is 0 Å². The van der Waals surface area contributed by atoms with Crippen molar-refractivity contribution < 1.29 is 9.59 Å². The van der Waals surface area contributed by atoms with Crippen LogP contribution in [-0.4, -0.2) is 38.9 Å². The smallest absolute Gasteiger partial charge is 0.243 e. The van der Waals surface area contributed by atoms with Gasteiger partial charge in [-0.15, -0.1) is 0 Å². The fourth-order valence-electron chi connectivity index (χ4n) is 7.62. The molecule has 5 aliphatic rings. The van der Waals surface area contributed by atoms with Crippen LogP contribution in [0.2, 0.25) is 0 Å². The molecule has 1 atom stereocenters. The Labute approximate surface area is 195 Å². The van der Waals surface area contributed by atoms with E-state index in [1.54, 1.807) is 6.20 Å². The van der Waals surface area contributed by atoms with Crippen molar-refractivity contribution in [2.24, 2.45) is 23.2 Å². The zero-order valence-electron chi connectivity index (χ0n) is 19.3. The van der Waals surface area contributed by atoms with Crippen LogP contribution in [0.4, 0.5) is 0 Å². The molecule has 1 aliphatic heterocycles. The van der Waals surface area contributed by atoms with Gasteiger partial charge in [0, 0.05) is 32.0 Å². The minimum Gasteiger partial charge on any atom is -0.350 e. The summed E-state index contributed by atoms with van der Waals surface area (Å²) in [7, 11) is 0. The summed E-state index contributed by atoms with van der Waals surface area (Å²) in [6.07, 6.45) is 14.4. The Morgan fingerprint density at radius 1 is 1.00 bits per heavy atom. The zero-order chi connectivity index (χ0) is 22.4. The van der Waals surface area contributed by atoms with Gasteiger partial charge in [0.2, 0.25) is 11.8 Å².